The van der Waals surface area contributed by atoms with Gasteiger partial charge in [-0.1, -0.05) is 0 Å². The number of nitrogens with zero attached hydrogens (tertiary/aromatic N) is 2. The number of methoxy groups -OCH3 is 1. The molecule has 0 aliphatic rings. The van der Waals surface area contributed by atoms with Gasteiger partial charge in [0.1, 0.15) is 5.82 Å². The molecule has 0 aliphatic heterocycles. The summed E-state index contributed by atoms with van der Waals surface area (Å²) in [4.78, 5) is 17.8. The molecule has 0 bridgehead atoms. The standard InChI is InChI=1S/C12H19N3O3/c1-9-7-10(8-11(13)14-9)12(17)15(3-5-16)4-6-18-2/h7-8,16H,3-6H2,1-2H3,(H2,13,14). The molecule has 18 heavy (non-hydrogen) atoms. The van der Waals surface area contributed by atoms with E-state index in [0.717, 1.165) is 0 Å². The quantitative estimate of drug-likeness (QED) is 0.748. The van der Waals surface area contributed by atoms with Gasteiger partial charge < -0.3 is 20.5 Å². The molecule has 1 aromatic rings. The van der Waals surface area contributed by atoms with Gasteiger partial charge in [-0.15, -0.1) is 0 Å². The molecule has 0 aromatic carbocycles. The number of anilines is 1. The van der Waals surface area contributed by atoms with Gasteiger partial charge in [0, 0.05) is 31.5 Å². The van der Waals surface area contributed by atoms with E-state index in [2.05, 4.69) is 4.98 Å². The number of aliphatic hydroxyl groups is 1. The summed E-state index contributed by atoms with van der Waals surface area (Å²) in [5, 5.41) is 8.97. The maximum atomic E-state index is 12.2. The molecule has 6 heteroatoms. The van der Waals surface area contributed by atoms with Crippen LogP contribution in [0.3, 0.4) is 0 Å². The SMILES string of the molecule is COCCN(CCO)C(=O)c1cc(C)nc(N)c1. The summed E-state index contributed by atoms with van der Waals surface area (Å²) in [7, 11) is 1.57. The smallest absolute Gasteiger partial charge is 0.254 e. The van der Waals surface area contributed by atoms with Crippen LogP contribution in [0.2, 0.25) is 0 Å². The van der Waals surface area contributed by atoms with E-state index in [-0.39, 0.29) is 19.1 Å². The molecule has 100 valence electrons. The Kier molecular flexibility index (Phi) is 5.54. The van der Waals surface area contributed by atoms with Gasteiger partial charge in [0.2, 0.25) is 0 Å². The van der Waals surface area contributed by atoms with Crippen molar-refractivity contribution in [2.24, 2.45) is 0 Å². The van der Waals surface area contributed by atoms with Crippen molar-refractivity contribution in [1.82, 2.24) is 9.88 Å². The fourth-order valence-electron chi connectivity index (χ4n) is 1.64. The van der Waals surface area contributed by atoms with E-state index in [0.29, 0.717) is 30.2 Å². The highest BCUT2D eigenvalue weighted by Gasteiger charge is 2.16. The van der Waals surface area contributed by atoms with E-state index in [1.165, 1.54) is 11.0 Å². The Hall–Kier alpha value is -1.66. The van der Waals surface area contributed by atoms with Crippen molar-refractivity contribution < 1.29 is 14.6 Å². The number of carbonyl (C=O) groups excluding carboxylic acids is 1. The molecular weight excluding hydrogens is 234 g/mol. The Morgan fingerprint density at radius 2 is 2.22 bits per heavy atom. The van der Waals surface area contributed by atoms with Crippen LogP contribution in [-0.4, -0.2) is 54.3 Å². The molecule has 3 N–H and O–H groups in total. The van der Waals surface area contributed by atoms with Crippen molar-refractivity contribution >= 4 is 11.7 Å². The number of aryl methyl sites for hydroxylation is 1. The minimum atomic E-state index is -0.182. The van der Waals surface area contributed by atoms with Gasteiger partial charge in [0.15, 0.2) is 0 Å². The average Bonchev–Trinajstić information content (AvgIpc) is 2.32. The molecular formula is C12H19N3O3. The van der Waals surface area contributed by atoms with Crippen molar-refractivity contribution in [2.45, 2.75) is 6.92 Å². The lowest BCUT2D eigenvalue weighted by Crippen LogP contribution is -2.36. The zero-order chi connectivity index (χ0) is 13.5. The zero-order valence-electron chi connectivity index (χ0n) is 10.7. The molecule has 0 saturated heterocycles. The van der Waals surface area contributed by atoms with Gasteiger partial charge in [0.05, 0.1) is 13.2 Å². The number of rotatable bonds is 6. The number of nitrogens with two attached hydrogens (primary N) is 1. The lowest BCUT2D eigenvalue weighted by molar-refractivity contribution is 0.0656. The van der Waals surface area contributed by atoms with Crippen molar-refractivity contribution in [3.05, 3.63) is 23.4 Å². The first kappa shape index (κ1) is 14.4. The van der Waals surface area contributed by atoms with Crippen molar-refractivity contribution in [2.75, 3.05) is 39.1 Å². The van der Waals surface area contributed by atoms with Gasteiger partial charge in [0.25, 0.3) is 5.91 Å². The Balaban J connectivity index is 2.86. The Morgan fingerprint density at radius 1 is 1.50 bits per heavy atom. The lowest BCUT2D eigenvalue weighted by Gasteiger charge is -2.21. The summed E-state index contributed by atoms with van der Waals surface area (Å²) in [6.07, 6.45) is 0. The molecule has 1 rings (SSSR count). The van der Waals surface area contributed by atoms with Gasteiger partial charge in [-0.05, 0) is 19.1 Å². The molecule has 0 atom stereocenters. The van der Waals surface area contributed by atoms with Crippen LogP contribution >= 0.6 is 0 Å². The molecule has 1 aromatic heterocycles. The second kappa shape index (κ2) is 6.93. The second-order valence-electron chi connectivity index (χ2n) is 3.93. The summed E-state index contributed by atoms with van der Waals surface area (Å²) in [5.74, 6) is 0.132. The molecule has 1 amide bonds. The number of amides is 1. The fraction of sp³-hybridized carbons (Fsp3) is 0.500. The fourth-order valence-corrected chi connectivity index (χ4v) is 1.64. The predicted molar refractivity (Wildman–Crippen MR) is 68.3 cm³/mol. The molecule has 0 radical (unpaired) electrons. The van der Waals surface area contributed by atoms with E-state index >= 15 is 0 Å². The third kappa shape index (κ3) is 3.97. The highest BCUT2D eigenvalue weighted by molar-refractivity contribution is 5.95. The first-order valence-corrected chi connectivity index (χ1v) is 5.71. The summed E-state index contributed by atoms with van der Waals surface area (Å²) < 4.78 is 4.94. The van der Waals surface area contributed by atoms with Gasteiger partial charge in [-0.2, -0.15) is 0 Å². The number of aromatic nitrogens is 1. The van der Waals surface area contributed by atoms with E-state index < -0.39 is 0 Å². The molecule has 0 unspecified atom stereocenters. The van der Waals surface area contributed by atoms with E-state index in [1.54, 1.807) is 20.1 Å². The Bertz CT molecular complexity index is 389. The minimum Gasteiger partial charge on any atom is -0.395 e. The Labute approximate surface area is 106 Å². The molecule has 0 spiro atoms. The maximum Gasteiger partial charge on any atom is 0.254 e. The molecule has 0 aliphatic carbocycles. The molecule has 1 heterocycles. The largest absolute Gasteiger partial charge is 0.395 e. The summed E-state index contributed by atoms with van der Waals surface area (Å²) in [6, 6.07) is 3.21. The number of carbonyl (C=O) groups is 1. The molecule has 0 saturated carbocycles. The van der Waals surface area contributed by atoms with Crippen LogP contribution in [0.4, 0.5) is 5.82 Å². The van der Waals surface area contributed by atoms with Crippen LogP contribution in [0.1, 0.15) is 16.1 Å². The third-order valence-corrected chi connectivity index (χ3v) is 2.44. The maximum absolute atomic E-state index is 12.2. The van der Waals surface area contributed by atoms with Crippen LogP contribution in [-0.2, 0) is 4.74 Å². The van der Waals surface area contributed by atoms with E-state index in [4.69, 9.17) is 15.6 Å². The average molecular weight is 253 g/mol. The summed E-state index contributed by atoms with van der Waals surface area (Å²) in [6.45, 7) is 2.81. The third-order valence-electron chi connectivity index (χ3n) is 2.44. The van der Waals surface area contributed by atoms with Crippen LogP contribution in [0, 0.1) is 6.92 Å². The van der Waals surface area contributed by atoms with Gasteiger partial charge >= 0.3 is 0 Å². The first-order chi connectivity index (χ1) is 8.58. The van der Waals surface area contributed by atoms with Crippen LogP contribution in [0.25, 0.3) is 0 Å². The minimum absolute atomic E-state index is 0.0883. The lowest BCUT2D eigenvalue weighted by atomic mass is 10.2. The number of ether oxygens (including phenoxy) is 1. The predicted octanol–water partition coefficient (Wildman–Crippen LogP) is 0.0531. The number of hydrogen-bond acceptors (Lipinski definition) is 5. The monoisotopic (exact) mass is 253 g/mol. The highest BCUT2D eigenvalue weighted by Crippen LogP contribution is 2.10. The van der Waals surface area contributed by atoms with Crippen molar-refractivity contribution in [3.63, 3.8) is 0 Å². The number of aliphatic hydroxyl groups excluding tert-OH is 1. The van der Waals surface area contributed by atoms with E-state index in [9.17, 15) is 4.79 Å². The van der Waals surface area contributed by atoms with Crippen molar-refractivity contribution in [1.29, 1.82) is 0 Å². The summed E-state index contributed by atoms with van der Waals surface area (Å²) in [5.41, 5.74) is 6.78. The van der Waals surface area contributed by atoms with Gasteiger partial charge in [-0.3, -0.25) is 4.79 Å². The topological polar surface area (TPSA) is 88.7 Å². The van der Waals surface area contributed by atoms with Crippen LogP contribution in [0.5, 0.6) is 0 Å². The van der Waals surface area contributed by atoms with Gasteiger partial charge in [-0.25, -0.2) is 4.98 Å². The Morgan fingerprint density at radius 3 is 2.78 bits per heavy atom. The molecule has 6 nitrogen and oxygen atoms in total. The van der Waals surface area contributed by atoms with Crippen LogP contribution < -0.4 is 5.73 Å². The highest BCUT2D eigenvalue weighted by atomic mass is 16.5. The second-order valence-corrected chi connectivity index (χ2v) is 3.93. The van der Waals surface area contributed by atoms with Crippen molar-refractivity contribution in [3.8, 4) is 0 Å². The number of pyridine rings is 1. The zero-order valence-corrected chi connectivity index (χ0v) is 10.7. The first-order valence-electron chi connectivity index (χ1n) is 5.71. The molecule has 0 fully saturated rings. The number of hydrogen-bond donors (Lipinski definition) is 2. The van der Waals surface area contributed by atoms with E-state index in [1.807, 2.05) is 0 Å². The summed E-state index contributed by atoms with van der Waals surface area (Å²) >= 11 is 0. The normalized spacial score (nSPS) is 10.4. The number of nitrogen functional groups attached to an aromatic ring is 1. The van der Waals surface area contributed by atoms with Crippen LogP contribution in [0.15, 0.2) is 12.1 Å².